The van der Waals surface area contributed by atoms with Gasteiger partial charge in [-0.05, 0) is 51.3 Å². The molecule has 3 atom stereocenters. The van der Waals surface area contributed by atoms with E-state index in [9.17, 15) is 4.79 Å². The lowest BCUT2D eigenvalue weighted by Gasteiger charge is -2.36. The molecule has 2 heterocycles. The molecule has 25 heavy (non-hydrogen) atoms. The zero-order valence-corrected chi connectivity index (χ0v) is 16.6. The van der Waals surface area contributed by atoms with Crippen molar-refractivity contribution in [2.24, 2.45) is 0 Å². The summed E-state index contributed by atoms with van der Waals surface area (Å²) in [5.41, 5.74) is 1.29. The predicted octanol–water partition coefficient (Wildman–Crippen LogP) is 3.14. The van der Waals surface area contributed by atoms with Crippen LogP contribution in [0.25, 0.3) is 0 Å². The highest BCUT2D eigenvalue weighted by Crippen LogP contribution is 2.20. The summed E-state index contributed by atoms with van der Waals surface area (Å²) in [6.45, 7) is 5.10. The van der Waals surface area contributed by atoms with Crippen molar-refractivity contribution in [3.8, 4) is 0 Å². The molecular formula is C19H31Cl2N3O. The van der Waals surface area contributed by atoms with E-state index >= 15 is 0 Å². The van der Waals surface area contributed by atoms with Gasteiger partial charge in [-0.3, -0.25) is 9.69 Å². The lowest BCUT2D eigenvalue weighted by atomic mass is 9.97. The van der Waals surface area contributed by atoms with Crippen molar-refractivity contribution in [3.63, 3.8) is 0 Å². The molecule has 142 valence electrons. The zero-order chi connectivity index (χ0) is 16.1. The van der Waals surface area contributed by atoms with Crippen LogP contribution in [0, 0.1) is 0 Å². The third-order valence-electron chi connectivity index (χ3n) is 5.11. The molecule has 4 nitrogen and oxygen atoms in total. The number of piperidine rings is 2. The third kappa shape index (κ3) is 6.45. The molecule has 2 fully saturated rings. The highest BCUT2D eigenvalue weighted by atomic mass is 35.5. The van der Waals surface area contributed by atoms with Crippen LogP contribution >= 0.6 is 24.8 Å². The van der Waals surface area contributed by atoms with Gasteiger partial charge in [0.25, 0.3) is 0 Å². The third-order valence-corrected chi connectivity index (χ3v) is 5.11. The van der Waals surface area contributed by atoms with Crippen molar-refractivity contribution in [1.29, 1.82) is 0 Å². The Morgan fingerprint density at radius 3 is 2.68 bits per heavy atom. The van der Waals surface area contributed by atoms with E-state index < -0.39 is 0 Å². The molecule has 2 aliphatic rings. The maximum atomic E-state index is 12.8. The second-order valence-electron chi connectivity index (χ2n) is 7.05. The van der Waals surface area contributed by atoms with Crippen LogP contribution in [0.3, 0.4) is 0 Å². The molecule has 0 bridgehead atoms. The van der Waals surface area contributed by atoms with Crippen molar-refractivity contribution in [2.45, 2.75) is 63.7 Å². The number of carbonyl (C=O) groups excluding carboxylic acids is 1. The van der Waals surface area contributed by atoms with Crippen LogP contribution < -0.4 is 10.6 Å². The Morgan fingerprint density at radius 1 is 1.20 bits per heavy atom. The van der Waals surface area contributed by atoms with Crippen LogP contribution in [-0.4, -0.2) is 42.0 Å². The normalized spacial score (nSPS) is 26.8. The highest BCUT2D eigenvalue weighted by Gasteiger charge is 2.30. The molecule has 3 unspecified atom stereocenters. The maximum Gasteiger partial charge on any atom is 0.237 e. The number of hydrogen-bond acceptors (Lipinski definition) is 3. The summed E-state index contributed by atoms with van der Waals surface area (Å²) in [5.74, 6) is 0.236. The number of benzene rings is 1. The van der Waals surface area contributed by atoms with Crippen LogP contribution in [0.5, 0.6) is 0 Å². The first kappa shape index (κ1) is 22.2. The van der Waals surface area contributed by atoms with Crippen LogP contribution in [0.1, 0.15) is 44.6 Å². The van der Waals surface area contributed by atoms with E-state index in [0.717, 1.165) is 45.3 Å². The maximum absolute atomic E-state index is 12.8. The van der Waals surface area contributed by atoms with Gasteiger partial charge < -0.3 is 10.6 Å². The summed E-state index contributed by atoms with van der Waals surface area (Å²) in [6, 6.07) is 11.4. The molecule has 0 aliphatic carbocycles. The van der Waals surface area contributed by atoms with E-state index in [0.29, 0.717) is 12.1 Å². The topological polar surface area (TPSA) is 44.4 Å². The summed E-state index contributed by atoms with van der Waals surface area (Å²) >= 11 is 0. The molecule has 6 heteroatoms. The molecule has 2 aliphatic heterocycles. The average molecular weight is 388 g/mol. The minimum Gasteiger partial charge on any atom is -0.352 e. The van der Waals surface area contributed by atoms with Gasteiger partial charge in [0, 0.05) is 18.6 Å². The van der Waals surface area contributed by atoms with Crippen molar-refractivity contribution >= 4 is 30.7 Å². The fraction of sp³-hybridized carbons (Fsp3) is 0.632. The quantitative estimate of drug-likeness (QED) is 0.833. The van der Waals surface area contributed by atoms with Crippen LogP contribution in [0.2, 0.25) is 0 Å². The lowest BCUT2D eigenvalue weighted by molar-refractivity contribution is -0.128. The molecule has 0 aromatic heterocycles. The van der Waals surface area contributed by atoms with Gasteiger partial charge in [0.05, 0.1) is 6.04 Å². The number of amides is 1. The second kappa shape index (κ2) is 11.0. The molecule has 2 saturated heterocycles. The van der Waals surface area contributed by atoms with Gasteiger partial charge in [-0.15, -0.1) is 24.8 Å². The number of likely N-dealkylation sites (tertiary alicyclic amines) is 1. The summed E-state index contributed by atoms with van der Waals surface area (Å²) in [5, 5.41) is 6.76. The Labute approximate surface area is 163 Å². The lowest BCUT2D eigenvalue weighted by Crippen LogP contribution is -2.54. The Balaban J connectivity index is 0.00000156. The van der Waals surface area contributed by atoms with E-state index in [4.69, 9.17) is 0 Å². The molecule has 2 N–H and O–H groups in total. The molecule has 3 rings (SSSR count). The van der Waals surface area contributed by atoms with Crippen molar-refractivity contribution in [2.75, 3.05) is 13.1 Å². The predicted molar refractivity (Wildman–Crippen MR) is 108 cm³/mol. The van der Waals surface area contributed by atoms with Gasteiger partial charge in [-0.25, -0.2) is 0 Å². The van der Waals surface area contributed by atoms with Gasteiger partial charge in [0.15, 0.2) is 0 Å². The number of carbonyl (C=O) groups is 1. The highest BCUT2D eigenvalue weighted by molar-refractivity contribution is 5.85. The number of halogens is 2. The standard InChI is InChI=1S/C19H29N3O.2ClH/c1-15-13-17(10-11-20-15)21-19(23)18-9-5-6-12-22(18)14-16-7-3-2-4-8-16;;/h2-4,7-8,15,17-18,20H,5-6,9-14H2,1H3,(H,21,23);2*1H. The number of hydrogen-bond donors (Lipinski definition) is 2. The number of nitrogens with one attached hydrogen (secondary N) is 2. The van der Waals surface area contributed by atoms with Crippen LogP contribution in [0.15, 0.2) is 30.3 Å². The van der Waals surface area contributed by atoms with Gasteiger partial charge in [0.2, 0.25) is 5.91 Å². The fourth-order valence-electron chi connectivity index (χ4n) is 3.86. The molecule has 0 radical (unpaired) electrons. The minimum atomic E-state index is 0. The van der Waals surface area contributed by atoms with Gasteiger partial charge >= 0.3 is 0 Å². The van der Waals surface area contributed by atoms with Crippen molar-refractivity contribution in [1.82, 2.24) is 15.5 Å². The molecule has 0 saturated carbocycles. The largest absolute Gasteiger partial charge is 0.352 e. The summed E-state index contributed by atoms with van der Waals surface area (Å²) < 4.78 is 0. The van der Waals surface area contributed by atoms with E-state index in [-0.39, 0.29) is 36.8 Å². The number of rotatable bonds is 4. The summed E-state index contributed by atoms with van der Waals surface area (Å²) in [6.07, 6.45) is 5.42. The van der Waals surface area contributed by atoms with Gasteiger partial charge in [0.1, 0.15) is 0 Å². The first-order valence-electron chi connectivity index (χ1n) is 9.04. The molecule has 1 aromatic rings. The molecule has 0 spiro atoms. The minimum absolute atomic E-state index is 0. The van der Waals surface area contributed by atoms with E-state index in [1.807, 2.05) is 6.07 Å². The van der Waals surface area contributed by atoms with Crippen LogP contribution in [-0.2, 0) is 11.3 Å². The smallest absolute Gasteiger partial charge is 0.237 e. The number of nitrogens with zero attached hydrogens (tertiary/aromatic N) is 1. The van der Waals surface area contributed by atoms with Crippen molar-refractivity contribution < 1.29 is 4.79 Å². The summed E-state index contributed by atoms with van der Waals surface area (Å²) in [7, 11) is 0. The SMILES string of the molecule is CC1CC(NC(=O)C2CCCCN2Cc2ccccc2)CCN1.Cl.Cl. The Bertz CT molecular complexity index is 515. The Hall–Kier alpha value is -0.810. The Kier molecular flexibility index (Phi) is 9.80. The first-order valence-corrected chi connectivity index (χ1v) is 9.04. The van der Waals surface area contributed by atoms with Crippen molar-refractivity contribution in [3.05, 3.63) is 35.9 Å². The van der Waals surface area contributed by atoms with Crippen LogP contribution in [0.4, 0.5) is 0 Å². The molecule has 1 amide bonds. The molecule has 1 aromatic carbocycles. The summed E-state index contributed by atoms with van der Waals surface area (Å²) in [4.78, 5) is 15.2. The Morgan fingerprint density at radius 2 is 1.96 bits per heavy atom. The fourth-order valence-corrected chi connectivity index (χ4v) is 3.86. The average Bonchev–Trinajstić information content (AvgIpc) is 2.56. The van der Waals surface area contributed by atoms with E-state index in [1.165, 1.54) is 12.0 Å². The monoisotopic (exact) mass is 387 g/mol. The van der Waals surface area contributed by atoms with Gasteiger partial charge in [-0.2, -0.15) is 0 Å². The first-order chi connectivity index (χ1) is 11.2. The zero-order valence-electron chi connectivity index (χ0n) is 14.9. The van der Waals surface area contributed by atoms with E-state index in [1.54, 1.807) is 0 Å². The van der Waals surface area contributed by atoms with Gasteiger partial charge in [-0.1, -0.05) is 36.8 Å². The molecular weight excluding hydrogens is 357 g/mol. The second-order valence-corrected chi connectivity index (χ2v) is 7.05. The van der Waals surface area contributed by atoms with E-state index in [2.05, 4.69) is 46.7 Å².